The largest absolute Gasteiger partial charge is 0.495 e. The van der Waals surface area contributed by atoms with Gasteiger partial charge in [0.1, 0.15) is 17.2 Å². The highest BCUT2D eigenvalue weighted by molar-refractivity contribution is 6.41. The summed E-state index contributed by atoms with van der Waals surface area (Å²) in [7, 11) is 4.70. The first-order chi connectivity index (χ1) is 15.9. The molecule has 0 aliphatic carbocycles. The molecule has 2 aliphatic rings. The van der Waals surface area contributed by atoms with Crippen LogP contribution in [0.4, 0.5) is 5.69 Å². The maximum absolute atomic E-state index is 6.58. The van der Waals surface area contributed by atoms with E-state index in [0.717, 1.165) is 5.71 Å². The summed E-state index contributed by atoms with van der Waals surface area (Å²) in [4.78, 5) is 14.1. The Balaban J connectivity index is 1.72. The Morgan fingerprint density at radius 2 is 1.82 bits per heavy atom. The quantitative estimate of drug-likeness (QED) is 0.635. The predicted molar refractivity (Wildman–Crippen MR) is 131 cm³/mol. The molecule has 11 heteroatoms. The lowest BCUT2D eigenvalue weighted by Crippen LogP contribution is -2.33. The van der Waals surface area contributed by atoms with E-state index in [1.807, 2.05) is 13.0 Å². The van der Waals surface area contributed by atoms with Gasteiger partial charge in [-0.15, -0.1) is 0 Å². The molecule has 0 fully saturated rings. The molecule has 174 valence electrons. The Bertz CT molecular complexity index is 1170. The van der Waals surface area contributed by atoms with E-state index in [9.17, 15) is 0 Å². The number of fused-ring (bicyclic) bond motifs is 1. The van der Waals surface area contributed by atoms with E-state index in [1.165, 1.54) is 14.2 Å². The van der Waals surface area contributed by atoms with Crippen molar-refractivity contribution in [3.63, 3.8) is 0 Å². The maximum atomic E-state index is 6.58. The monoisotopic (exact) mass is 490 g/mol. The number of nitrogens with two attached hydrogens (primary N) is 1. The second-order valence-electron chi connectivity index (χ2n) is 7.51. The highest BCUT2D eigenvalue weighted by Gasteiger charge is 2.31. The minimum Gasteiger partial charge on any atom is -0.495 e. The van der Waals surface area contributed by atoms with E-state index in [1.54, 1.807) is 30.3 Å². The predicted octanol–water partition coefficient (Wildman–Crippen LogP) is 3.77. The van der Waals surface area contributed by atoms with Gasteiger partial charge in [0, 0.05) is 30.9 Å². The number of nitrogen functional groups attached to an aromatic ring is 1. The molecule has 0 radical (unpaired) electrons. The summed E-state index contributed by atoms with van der Waals surface area (Å²) in [5, 5.41) is 5.04. The van der Waals surface area contributed by atoms with Gasteiger partial charge in [-0.3, -0.25) is 14.7 Å². The second kappa shape index (κ2) is 9.54. The molecule has 2 N–H and O–H groups in total. The van der Waals surface area contributed by atoms with Crippen LogP contribution in [0.5, 0.6) is 11.5 Å². The van der Waals surface area contributed by atoms with Crippen LogP contribution >= 0.6 is 23.2 Å². The van der Waals surface area contributed by atoms with Crippen molar-refractivity contribution in [3.8, 4) is 11.5 Å². The number of aliphatic imine (C=N–C) groups is 3. The number of nitrogens with zero attached hydrogens (tertiary/aromatic N) is 5. The molecule has 33 heavy (non-hydrogen) atoms. The molecular weight excluding hydrogens is 467 g/mol. The summed E-state index contributed by atoms with van der Waals surface area (Å²) >= 11 is 13.2. The molecule has 0 saturated carbocycles. The van der Waals surface area contributed by atoms with Crippen LogP contribution in [0, 0.1) is 5.92 Å². The Morgan fingerprint density at radius 3 is 2.45 bits per heavy atom. The van der Waals surface area contributed by atoms with Crippen LogP contribution in [0.25, 0.3) is 5.70 Å². The van der Waals surface area contributed by atoms with Gasteiger partial charge in [-0.05, 0) is 13.0 Å². The fourth-order valence-electron chi connectivity index (χ4n) is 3.80. The number of amidine groups is 1. The van der Waals surface area contributed by atoms with Crippen molar-refractivity contribution in [2.75, 3.05) is 33.7 Å². The molecular formula is C22H24Cl2N6O3. The molecule has 2 unspecified atom stereocenters. The lowest BCUT2D eigenvalue weighted by Gasteiger charge is -2.27. The first-order valence-electron chi connectivity index (χ1n) is 10.2. The minimum absolute atomic E-state index is 0.123. The number of aromatic nitrogens is 2. The van der Waals surface area contributed by atoms with Crippen LogP contribution in [0.2, 0.25) is 10.0 Å². The van der Waals surface area contributed by atoms with Crippen LogP contribution < -0.4 is 15.2 Å². The number of hydrogen-bond donors (Lipinski definition) is 1. The topological polar surface area (TPSA) is 109 Å². The molecule has 0 amide bonds. The third-order valence-electron chi connectivity index (χ3n) is 5.51. The van der Waals surface area contributed by atoms with Crippen molar-refractivity contribution in [1.29, 1.82) is 0 Å². The number of rotatable bonds is 7. The minimum atomic E-state index is -0.135. The standard InChI is InChI=1S/C22H24Cl2N6O3/c1-11-12-7-14(18-19(23)16(32-3)8-17(33-4)20(18)24)26-10-15(12)29-22(28-11)21-13(25)9-27-30(21)5-6-31-2/h7-12H,5-6,25H2,1-4H3. The van der Waals surface area contributed by atoms with E-state index >= 15 is 0 Å². The first-order valence-corrected chi connectivity index (χ1v) is 11.0. The highest BCUT2D eigenvalue weighted by Crippen LogP contribution is 2.45. The summed E-state index contributed by atoms with van der Waals surface area (Å²) in [6.45, 7) is 3.04. The number of hydrogen-bond acceptors (Lipinski definition) is 8. The Morgan fingerprint density at radius 1 is 1.12 bits per heavy atom. The SMILES string of the molecule is COCCn1ncc(N)c1C1=NC(C)C2C=C(c3c(Cl)c(OC)cc(OC)c3Cl)N=CC2=N1. The van der Waals surface area contributed by atoms with Crippen molar-refractivity contribution in [2.24, 2.45) is 20.9 Å². The molecule has 2 atom stereocenters. The van der Waals surface area contributed by atoms with Crippen LogP contribution in [0.3, 0.4) is 0 Å². The molecule has 0 spiro atoms. The Hall–Kier alpha value is -2.88. The number of benzene rings is 1. The van der Waals surface area contributed by atoms with E-state index in [2.05, 4.69) is 10.1 Å². The van der Waals surface area contributed by atoms with Crippen molar-refractivity contribution in [3.05, 3.63) is 39.6 Å². The summed E-state index contributed by atoms with van der Waals surface area (Å²) in [5.74, 6) is 1.28. The van der Waals surface area contributed by atoms with Crippen LogP contribution in [0.1, 0.15) is 18.2 Å². The molecule has 0 saturated heterocycles. The molecule has 2 aliphatic heterocycles. The second-order valence-corrected chi connectivity index (χ2v) is 8.27. The smallest absolute Gasteiger partial charge is 0.175 e. The van der Waals surface area contributed by atoms with E-state index in [0.29, 0.717) is 63.2 Å². The number of anilines is 1. The van der Waals surface area contributed by atoms with Gasteiger partial charge in [0.05, 0.1) is 66.8 Å². The molecule has 1 aromatic carbocycles. The van der Waals surface area contributed by atoms with Gasteiger partial charge < -0.3 is 19.9 Å². The molecule has 2 aromatic rings. The lowest BCUT2D eigenvalue weighted by molar-refractivity contribution is 0.183. The van der Waals surface area contributed by atoms with Gasteiger partial charge in [-0.25, -0.2) is 4.99 Å². The van der Waals surface area contributed by atoms with Crippen LogP contribution in [-0.4, -0.2) is 61.5 Å². The van der Waals surface area contributed by atoms with E-state index in [4.69, 9.17) is 53.1 Å². The lowest BCUT2D eigenvalue weighted by atomic mass is 9.90. The van der Waals surface area contributed by atoms with Gasteiger partial charge in [0.25, 0.3) is 0 Å². The number of methoxy groups -OCH3 is 3. The maximum Gasteiger partial charge on any atom is 0.175 e. The first kappa shape index (κ1) is 23.3. The summed E-state index contributed by atoms with van der Waals surface area (Å²) in [6, 6.07) is 1.51. The third-order valence-corrected chi connectivity index (χ3v) is 6.26. The van der Waals surface area contributed by atoms with Crippen LogP contribution in [-0.2, 0) is 11.3 Å². The van der Waals surface area contributed by atoms with Gasteiger partial charge >= 0.3 is 0 Å². The zero-order chi connectivity index (χ0) is 23.7. The summed E-state index contributed by atoms with van der Waals surface area (Å²) < 4.78 is 17.7. The zero-order valence-electron chi connectivity index (χ0n) is 18.7. The highest BCUT2D eigenvalue weighted by atomic mass is 35.5. The van der Waals surface area contributed by atoms with E-state index < -0.39 is 0 Å². The zero-order valence-corrected chi connectivity index (χ0v) is 20.2. The Labute approximate surface area is 201 Å². The molecule has 0 bridgehead atoms. The number of halogens is 2. The van der Waals surface area contributed by atoms with Gasteiger partial charge in [-0.2, -0.15) is 5.10 Å². The summed E-state index contributed by atoms with van der Waals surface area (Å²) in [6.07, 6.45) is 5.26. The van der Waals surface area contributed by atoms with Crippen LogP contribution in [0.15, 0.2) is 33.3 Å². The van der Waals surface area contributed by atoms with Crippen molar-refractivity contribution in [1.82, 2.24) is 9.78 Å². The fraction of sp³-hybridized carbons (Fsp3) is 0.364. The van der Waals surface area contributed by atoms with Gasteiger partial charge in [0.2, 0.25) is 0 Å². The van der Waals surface area contributed by atoms with Crippen molar-refractivity contribution < 1.29 is 14.2 Å². The average Bonchev–Trinajstić information content (AvgIpc) is 3.18. The van der Waals surface area contributed by atoms with Crippen molar-refractivity contribution in [2.45, 2.75) is 19.5 Å². The molecule has 3 heterocycles. The van der Waals surface area contributed by atoms with Gasteiger partial charge in [-0.1, -0.05) is 23.2 Å². The normalized spacial score (nSPS) is 19.5. The molecule has 4 rings (SSSR count). The van der Waals surface area contributed by atoms with Gasteiger partial charge in [0.15, 0.2) is 5.84 Å². The molecule has 9 nitrogen and oxygen atoms in total. The summed E-state index contributed by atoms with van der Waals surface area (Å²) in [5.41, 5.74) is 9.24. The fourth-order valence-corrected chi connectivity index (χ4v) is 4.49. The third kappa shape index (κ3) is 4.23. The van der Waals surface area contributed by atoms with Crippen molar-refractivity contribution >= 4 is 52.3 Å². The average molecular weight is 491 g/mol. The number of ether oxygens (including phenoxy) is 3. The molecule has 1 aromatic heterocycles. The van der Waals surface area contributed by atoms with E-state index in [-0.39, 0.29) is 12.0 Å². The Kier molecular flexibility index (Phi) is 6.73.